The van der Waals surface area contributed by atoms with Crippen LogP contribution in [0.2, 0.25) is 0 Å². The molecule has 1 unspecified atom stereocenters. The molecule has 0 amide bonds. The van der Waals surface area contributed by atoms with Crippen LogP contribution in [0.4, 0.5) is 0 Å². The van der Waals surface area contributed by atoms with Gasteiger partial charge in [-0.1, -0.05) is 149 Å². The Bertz CT molecular complexity index is 1020. The van der Waals surface area contributed by atoms with Gasteiger partial charge in [0, 0.05) is 23.1 Å². The summed E-state index contributed by atoms with van der Waals surface area (Å²) in [7, 11) is 0. The monoisotopic (exact) mass is 556 g/mol. The van der Waals surface area contributed by atoms with Gasteiger partial charge in [0.25, 0.3) is 0 Å². The van der Waals surface area contributed by atoms with Gasteiger partial charge >= 0.3 is 0 Å². The van der Waals surface area contributed by atoms with Crippen molar-refractivity contribution >= 4 is 11.0 Å². The van der Waals surface area contributed by atoms with Crippen molar-refractivity contribution in [3.8, 4) is 11.5 Å². The molecular weight excluding hydrogens is 496 g/mol. The Labute approximate surface area is 245 Å². The largest absolute Gasteiger partial charge is 0.507 e. The lowest BCUT2D eigenvalue weighted by atomic mass is 9.97. The summed E-state index contributed by atoms with van der Waals surface area (Å²) < 4.78 is 6.03. The van der Waals surface area contributed by atoms with Gasteiger partial charge in [-0.15, -0.1) is 0 Å². The lowest BCUT2D eigenvalue weighted by Crippen LogP contribution is -2.06. The van der Waals surface area contributed by atoms with Crippen molar-refractivity contribution in [1.29, 1.82) is 0 Å². The fourth-order valence-electron chi connectivity index (χ4n) is 5.96. The van der Waals surface area contributed by atoms with Crippen molar-refractivity contribution in [2.75, 3.05) is 0 Å². The molecule has 2 rings (SSSR count). The highest BCUT2D eigenvalue weighted by molar-refractivity contribution is 5.89. The molecular formula is C36H60O4. The van der Waals surface area contributed by atoms with Crippen LogP contribution < -0.4 is 5.43 Å². The summed E-state index contributed by atoms with van der Waals surface area (Å²) in [6.07, 6.45) is 30.0. The SMILES string of the molecule is CCCCCCCCCCCCCCCCCCCCCCCC(C)c1cc(=O)c2c(O)c(C)c(O)c(C)c2o1. The first-order valence-corrected chi connectivity index (χ1v) is 16.9. The summed E-state index contributed by atoms with van der Waals surface area (Å²) in [6.45, 7) is 7.70. The first kappa shape index (κ1) is 34.2. The average Bonchev–Trinajstić information content (AvgIpc) is 2.95. The summed E-state index contributed by atoms with van der Waals surface area (Å²) >= 11 is 0. The smallest absolute Gasteiger partial charge is 0.196 e. The van der Waals surface area contributed by atoms with Crippen molar-refractivity contribution in [3.63, 3.8) is 0 Å². The van der Waals surface area contributed by atoms with E-state index >= 15 is 0 Å². The zero-order chi connectivity index (χ0) is 29.2. The number of phenolic OH excluding ortho intramolecular Hbond substituents is 2. The van der Waals surface area contributed by atoms with Gasteiger partial charge in [-0.25, -0.2) is 0 Å². The molecule has 0 radical (unpaired) electrons. The Morgan fingerprint density at radius 3 is 1.45 bits per heavy atom. The molecule has 4 heteroatoms. The van der Waals surface area contributed by atoms with Crippen LogP contribution in [-0.2, 0) is 0 Å². The van der Waals surface area contributed by atoms with E-state index in [-0.39, 0.29) is 28.2 Å². The molecule has 0 aliphatic carbocycles. The second-order valence-corrected chi connectivity index (χ2v) is 12.4. The zero-order valence-electron chi connectivity index (χ0n) is 26.4. The summed E-state index contributed by atoms with van der Waals surface area (Å²) in [6, 6.07) is 1.51. The van der Waals surface area contributed by atoms with Crippen LogP contribution >= 0.6 is 0 Å². The number of benzene rings is 1. The summed E-state index contributed by atoms with van der Waals surface area (Å²) in [4.78, 5) is 12.7. The van der Waals surface area contributed by atoms with Crippen LogP contribution in [0.15, 0.2) is 15.3 Å². The molecule has 0 aliphatic rings. The highest BCUT2D eigenvalue weighted by atomic mass is 16.3. The van der Waals surface area contributed by atoms with E-state index in [2.05, 4.69) is 13.8 Å². The van der Waals surface area contributed by atoms with E-state index in [0.717, 1.165) is 12.8 Å². The quantitative estimate of drug-likeness (QED) is 0.134. The van der Waals surface area contributed by atoms with Crippen molar-refractivity contribution in [2.24, 2.45) is 0 Å². The lowest BCUT2D eigenvalue weighted by Gasteiger charge is -2.14. The molecule has 4 nitrogen and oxygen atoms in total. The molecule has 1 atom stereocenters. The van der Waals surface area contributed by atoms with E-state index < -0.39 is 0 Å². The first-order valence-electron chi connectivity index (χ1n) is 16.9. The normalized spacial score (nSPS) is 12.4. The Balaban J connectivity index is 1.45. The molecule has 228 valence electrons. The minimum absolute atomic E-state index is 0.0118. The van der Waals surface area contributed by atoms with E-state index in [1.807, 2.05) is 0 Å². The van der Waals surface area contributed by atoms with Crippen molar-refractivity contribution in [1.82, 2.24) is 0 Å². The molecule has 0 aliphatic heterocycles. The van der Waals surface area contributed by atoms with Gasteiger partial charge in [-0.05, 0) is 20.3 Å². The van der Waals surface area contributed by atoms with Gasteiger partial charge in [0.2, 0.25) is 0 Å². The molecule has 0 saturated carbocycles. The maximum absolute atomic E-state index is 12.7. The van der Waals surface area contributed by atoms with Gasteiger partial charge < -0.3 is 14.6 Å². The molecule has 1 aromatic heterocycles. The van der Waals surface area contributed by atoms with Crippen molar-refractivity contribution < 1.29 is 14.6 Å². The highest BCUT2D eigenvalue weighted by Crippen LogP contribution is 2.38. The third-order valence-electron chi connectivity index (χ3n) is 8.84. The van der Waals surface area contributed by atoms with Gasteiger partial charge in [0.1, 0.15) is 28.2 Å². The maximum atomic E-state index is 12.7. The third kappa shape index (κ3) is 11.9. The average molecular weight is 557 g/mol. The van der Waals surface area contributed by atoms with Crippen LogP contribution in [0.1, 0.15) is 178 Å². The minimum atomic E-state index is -0.245. The number of unbranched alkanes of at least 4 members (excludes halogenated alkanes) is 20. The van der Waals surface area contributed by atoms with Gasteiger partial charge in [0.15, 0.2) is 5.43 Å². The fourth-order valence-corrected chi connectivity index (χ4v) is 5.96. The number of aryl methyl sites for hydroxylation is 1. The predicted molar refractivity (Wildman–Crippen MR) is 171 cm³/mol. The van der Waals surface area contributed by atoms with Crippen molar-refractivity contribution in [2.45, 2.75) is 175 Å². The highest BCUT2D eigenvalue weighted by Gasteiger charge is 2.20. The molecule has 0 saturated heterocycles. The summed E-state index contributed by atoms with van der Waals surface area (Å²) in [5.41, 5.74) is 0.877. The third-order valence-corrected chi connectivity index (χ3v) is 8.84. The Morgan fingerprint density at radius 2 is 1.02 bits per heavy atom. The number of fused-ring (bicyclic) bond motifs is 1. The van der Waals surface area contributed by atoms with Crippen LogP contribution in [0, 0.1) is 13.8 Å². The van der Waals surface area contributed by atoms with E-state index in [9.17, 15) is 15.0 Å². The lowest BCUT2D eigenvalue weighted by molar-refractivity contribution is 0.433. The van der Waals surface area contributed by atoms with Crippen LogP contribution in [-0.4, -0.2) is 10.2 Å². The van der Waals surface area contributed by atoms with Gasteiger partial charge in [-0.2, -0.15) is 0 Å². The van der Waals surface area contributed by atoms with Crippen LogP contribution in [0.5, 0.6) is 11.5 Å². The summed E-state index contributed by atoms with van der Waals surface area (Å²) in [5.74, 6) is 0.566. The molecule has 0 fully saturated rings. The molecule has 2 N–H and O–H groups in total. The fraction of sp³-hybridized carbons (Fsp3) is 0.750. The number of phenols is 2. The van der Waals surface area contributed by atoms with Crippen molar-refractivity contribution in [3.05, 3.63) is 33.2 Å². The maximum Gasteiger partial charge on any atom is 0.196 e. The standard InChI is InChI=1S/C36H60O4/c1-5-6-7-8-9-10-11-12-13-14-15-16-17-18-19-20-21-22-23-24-25-26-28(2)32-27-31(37)33-35(39)29(3)34(38)30(4)36(33)40-32/h27-28,38-39H,5-26H2,1-4H3. The molecule has 2 aromatic rings. The Morgan fingerprint density at radius 1 is 0.625 bits per heavy atom. The van der Waals surface area contributed by atoms with Gasteiger partial charge in [-0.3, -0.25) is 4.79 Å². The molecule has 1 heterocycles. The number of hydrogen-bond donors (Lipinski definition) is 2. The Kier molecular flexibility index (Phi) is 17.1. The number of aromatic hydroxyl groups is 2. The predicted octanol–water partition coefficient (Wildman–Crippen LogP) is 11.5. The van der Waals surface area contributed by atoms with Gasteiger partial charge in [0.05, 0.1) is 0 Å². The van der Waals surface area contributed by atoms with E-state index in [4.69, 9.17) is 4.42 Å². The zero-order valence-corrected chi connectivity index (χ0v) is 26.4. The molecule has 40 heavy (non-hydrogen) atoms. The van der Waals surface area contributed by atoms with Crippen LogP contribution in [0.25, 0.3) is 11.0 Å². The second kappa shape index (κ2) is 20.0. The Hall–Kier alpha value is -1.97. The van der Waals surface area contributed by atoms with E-state index in [1.54, 1.807) is 13.8 Å². The van der Waals surface area contributed by atoms with Crippen LogP contribution in [0.3, 0.4) is 0 Å². The number of hydrogen-bond acceptors (Lipinski definition) is 4. The second-order valence-electron chi connectivity index (χ2n) is 12.4. The first-order chi connectivity index (χ1) is 19.4. The van der Waals surface area contributed by atoms with E-state index in [1.165, 1.54) is 134 Å². The minimum Gasteiger partial charge on any atom is -0.507 e. The summed E-state index contributed by atoms with van der Waals surface area (Å²) in [5, 5.41) is 20.8. The topological polar surface area (TPSA) is 70.7 Å². The van der Waals surface area contributed by atoms with E-state index in [0.29, 0.717) is 22.5 Å². The number of rotatable bonds is 23. The molecule has 1 aromatic carbocycles. The molecule has 0 spiro atoms. The molecule has 0 bridgehead atoms.